The Morgan fingerprint density at radius 3 is 2.81 bits per heavy atom. The van der Waals surface area contributed by atoms with Gasteiger partial charge >= 0.3 is 0 Å². The van der Waals surface area contributed by atoms with Gasteiger partial charge in [-0.15, -0.1) is 10.2 Å². The molecule has 0 saturated carbocycles. The third-order valence-corrected chi connectivity index (χ3v) is 4.48. The van der Waals surface area contributed by atoms with Crippen molar-refractivity contribution < 1.29 is 9.47 Å². The molecule has 2 rings (SSSR count). The zero-order valence-electron chi connectivity index (χ0n) is 16.8. The Morgan fingerprint density at radius 1 is 1.22 bits per heavy atom. The maximum Gasteiger partial charge on any atom is 0.191 e. The monoisotopic (exact) mass is 381 g/mol. The van der Waals surface area contributed by atoms with E-state index in [-0.39, 0.29) is 0 Å². The quantitative estimate of drug-likeness (QED) is 0.302. The molecule has 0 atom stereocenters. The lowest BCUT2D eigenvalue weighted by atomic mass is 10.3. The molecule has 9 heteroatoms. The number of aryl methyl sites for hydroxylation is 1. The van der Waals surface area contributed by atoms with Crippen LogP contribution in [0.1, 0.15) is 25.6 Å². The number of rotatable bonds is 12. The molecule has 1 aromatic heterocycles. The van der Waals surface area contributed by atoms with Gasteiger partial charge in [0.1, 0.15) is 12.2 Å². The first-order chi connectivity index (χ1) is 13.3. The molecule has 0 amide bonds. The van der Waals surface area contributed by atoms with Crippen molar-refractivity contribution in [1.29, 1.82) is 0 Å². The lowest BCUT2D eigenvalue weighted by Gasteiger charge is -2.26. The van der Waals surface area contributed by atoms with Gasteiger partial charge in [-0.05, 0) is 19.4 Å². The van der Waals surface area contributed by atoms with Crippen LogP contribution in [0, 0.1) is 0 Å². The zero-order chi connectivity index (χ0) is 19.2. The van der Waals surface area contributed by atoms with Crippen LogP contribution in [0.25, 0.3) is 0 Å². The van der Waals surface area contributed by atoms with Gasteiger partial charge in [-0.1, -0.05) is 6.92 Å². The summed E-state index contributed by atoms with van der Waals surface area (Å²) >= 11 is 0. The molecule has 9 nitrogen and oxygen atoms in total. The molecule has 1 aliphatic rings. The van der Waals surface area contributed by atoms with Crippen molar-refractivity contribution in [3.05, 3.63) is 12.2 Å². The van der Waals surface area contributed by atoms with Gasteiger partial charge in [0.2, 0.25) is 0 Å². The van der Waals surface area contributed by atoms with E-state index in [1.165, 1.54) is 0 Å². The second-order valence-electron chi connectivity index (χ2n) is 6.53. The van der Waals surface area contributed by atoms with Crippen molar-refractivity contribution in [2.45, 2.75) is 32.7 Å². The van der Waals surface area contributed by atoms with E-state index in [1.54, 1.807) is 13.4 Å². The first-order valence-electron chi connectivity index (χ1n) is 10.0. The highest BCUT2D eigenvalue weighted by atomic mass is 16.5. The van der Waals surface area contributed by atoms with Crippen molar-refractivity contribution in [3.63, 3.8) is 0 Å². The molecule has 0 bridgehead atoms. The van der Waals surface area contributed by atoms with Gasteiger partial charge in [-0.25, -0.2) is 0 Å². The molecule has 0 aliphatic carbocycles. The molecule has 2 N–H and O–H groups in total. The first-order valence-corrected chi connectivity index (χ1v) is 10.0. The molecule has 154 valence electrons. The largest absolute Gasteiger partial charge is 0.385 e. The Bertz CT molecular complexity index is 530. The van der Waals surface area contributed by atoms with Crippen LogP contribution in [0.4, 0.5) is 0 Å². The first kappa shape index (κ1) is 21.6. The summed E-state index contributed by atoms with van der Waals surface area (Å²) in [6.45, 7) is 10.9. The maximum atomic E-state index is 5.39. The predicted octanol–water partition coefficient (Wildman–Crippen LogP) is 0.135. The molecule has 0 aromatic carbocycles. The number of hydrogen-bond acceptors (Lipinski definition) is 6. The van der Waals surface area contributed by atoms with E-state index < -0.39 is 0 Å². The van der Waals surface area contributed by atoms with Gasteiger partial charge in [-0.2, -0.15) is 0 Å². The smallest absolute Gasteiger partial charge is 0.191 e. The highest BCUT2D eigenvalue weighted by Gasteiger charge is 2.09. The summed E-state index contributed by atoms with van der Waals surface area (Å²) in [6, 6.07) is 0. The van der Waals surface area contributed by atoms with E-state index >= 15 is 0 Å². The van der Waals surface area contributed by atoms with Gasteiger partial charge in [0.15, 0.2) is 5.96 Å². The van der Waals surface area contributed by atoms with E-state index in [2.05, 4.69) is 42.2 Å². The number of aromatic nitrogens is 3. The minimum Gasteiger partial charge on any atom is -0.385 e. The third kappa shape index (κ3) is 8.68. The van der Waals surface area contributed by atoms with E-state index in [0.29, 0.717) is 0 Å². The Balaban J connectivity index is 1.70. The molecule has 2 heterocycles. The highest BCUT2D eigenvalue weighted by Crippen LogP contribution is 1.97. The van der Waals surface area contributed by atoms with Crippen molar-refractivity contribution in [2.24, 2.45) is 4.99 Å². The van der Waals surface area contributed by atoms with Crippen LogP contribution in [-0.4, -0.2) is 91.8 Å². The van der Waals surface area contributed by atoms with Gasteiger partial charge in [0, 0.05) is 59.4 Å². The highest BCUT2D eigenvalue weighted by molar-refractivity contribution is 5.79. The van der Waals surface area contributed by atoms with Crippen LogP contribution >= 0.6 is 0 Å². The van der Waals surface area contributed by atoms with E-state index in [9.17, 15) is 0 Å². The van der Waals surface area contributed by atoms with Crippen LogP contribution in [0.2, 0.25) is 0 Å². The lowest BCUT2D eigenvalue weighted by molar-refractivity contribution is 0.0376. The number of nitrogens with zero attached hydrogens (tertiary/aromatic N) is 5. The number of aliphatic imine (C=N–C) groups is 1. The summed E-state index contributed by atoms with van der Waals surface area (Å²) in [5, 5.41) is 15.0. The van der Waals surface area contributed by atoms with Crippen molar-refractivity contribution >= 4 is 5.96 Å². The molecule has 1 fully saturated rings. The molecule has 0 radical (unpaired) electrons. The zero-order valence-corrected chi connectivity index (χ0v) is 16.8. The molecule has 1 aromatic rings. The molecule has 1 saturated heterocycles. The Labute approximate surface area is 162 Å². The van der Waals surface area contributed by atoms with Crippen LogP contribution in [0.3, 0.4) is 0 Å². The van der Waals surface area contributed by atoms with Gasteiger partial charge < -0.3 is 24.7 Å². The number of methoxy groups -OCH3 is 1. The number of guanidine groups is 1. The maximum absolute atomic E-state index is 5.39. The van der Waals surface area contributed by atoms with Crippen LogP contribution in [0.15, 0.2) is 11.3 Å². The average molecular weight is 382 g/mol. The fraction of sp³-hybridized carbons (Fsp3) is 0.833. The Hall–Kier alpha value is -1.71. The van der Waals surface area contributed by atoms with E-state index in [1.807, 2.05) is 0 Å². The topological polar surface area (TPSA) is 88.8 Å². The van der Waals surface area contributed by atoms with Crippen molar-refractivity contribution in [3.8, 4) is 0 Å². The Morgan fingerprint density at radius 2 is 2.04 bits per heavy atom. The summed E-state index contributed by atoms with van der Waals surface area (Å²) in [4.78, 5) is 7.10. The fourth-order valence-corrected chi connectivity index (χ4v) is 2.94. The number of hydrogen-bond donors (Lipinski definition) is 2. The fourth-order valence-electron chi connectivity index (χ4n) is 2.94. The summed E-state index contributed by atoms with van der Waals surface area (Å²) in [7, 11) is 1.72. The van der Waals surface area contributed by atoms with Crippen LogP contribution in [0.5, 0.6) is 0 Å². The predicted molar refractivity (Wildman–Crippen MR) is 106 cm³/mol. The van der Waals surface area contributed by atoms with Crippen LogP contribution < -0.4 is 10.6 Å². The second kappa shape index (κ2) is 13.5. The molecule has 0 spiro atoms. The average Bonchev–Trinajstić information content (AvgIpc) is 3.16. The molecule has 1 aliphatic heterocycles. The lowest BCUT2D eigenvalue weighted by Crippen LogP contribution is -2.41. The molecule has 0 unspecified atom stereocenters. The Kier molecular flexibility index (Phi) is 10.8. The SMILES string of the molecule is CCc1nncn1CCNC(=NCCCOC)NCCCN1CCOCC1. The van der Waals surface area contributed by atoms with E-state index in [0.717, 1.165) is 96.7 Å². The molecule has 27 heavy (non-hydrogen) atoms. The normalized spacial score (nSPS) is 15.9. The molecular formula is C18H35N7O2. The summed E-state index contributed by atoms with van der Waals surface area (Å²) in [5.74, 6) is 1.87. The minimum absolute atomic E-state index is 0.731. The van der Waals surface area contributed by atoms with E-state index in [4.69, 9.17) is 9.47 Å². The van der Waals surface area contributed by atoms with Crippen molar-refractivity contribution in [1.82, 2.24) is 30.3 Å². The number of morpholine rings is 1. The standard InChI is InChI=1S/C18H35N7O2/c1-3-17-23-22-16-25(17)10-8-21-18(20-7-5-13-26-2)19-6-4-9-24-11-14-27-15-12-24/h16H,3-15H2,1-2H3,(H2,19,20,21). The van der Waals surface area contributed by atoms with Gasteiger partial charge in [-0.3, -0.25) is 9.89 Å². The van der Waals surface area contributed by atoms with Gasteiger partial charge in [0.25, 0.3) is 0 Å². The van der Waals surface area contributed by atoms with Crippen molar-refractivity contribution in [2.75, 3.05) is 66.2 Å². The minimum atomic E-state index is 0.731. The summed E-state index contributed by atoms with van der Waals surface area (Å²) in [6.07, 6.45) is 4.68. The summed E-state index contributed by atoms with van der Waals surface area (Å²) < 4.78 is 12.6. The molecular weight excluding hydrogens is 346 g/mol. The van der Waals surface area contributed by atoms with Crippen LogP contribution in [-0.2, 0) is 22.4 Å². The number of nitrogens with one attached hydrogen (secondary N) is 2. The number of ether oxygens (including phenoxy) is 2. The second-order valence-corrected chi connectivity index (χ2v) is 6.53. The third-order valence-electron chi connectivity index (χ3n) is 4.48. The van der Waals surface area contributed by atoms with Gasteiger partial charge in [0.05, 0.1) is 13.2 Å². The summed E-state index contributed by atoms with van der Waals surface area (Å²) in [5.41, 5.74) is 0.